The summed E-state index contributed by atoms with van der Waals surface area (Å²) in [5.74, 6) is 0. The summed E-state index contributed by atoms with van der Waals surface area (Å²) in [4.78, 5) is 23.0. The van der Waals surface area contributed by atoms with E-state index in [0.717, 1.165) is 5.56 Å². The number of amides is 1. The van der Waals surface area contributed by atoms with Gasteiger partial charge in [0.1, 0.15) is 11.3 Å². The van der Waals surface area contributed by atoms with Crippen molar-refractivity contribution < 1.29 is 23.5 Å². The van der Waals surface area contributed by atoms with Crippen LogP contribution in [0.4, 0.5) is 9.18 Å². The predicted octanol–water partition coefficient (Wildman–Crippen LogP) is 3.37. The van der Waals surface area contributed by atoms with Gasteiger partial charge in [0, 0.05) is 6.42 Å². The molecule has 0 bridgehead atoms. The Balaban J connectivity index is 2.70. The minimum Gasteiger partial charge on any atom is -0.444 e. The molecule has 1 aromatic rings. The maximum Gasteiger partial charge on any atom is 0.409 e. The quantitative estimate of drug-likeness (QED) is 0.643. The minimum absolute atomic E-state index is 0.0790. The number of alkyl carbamates (subject to hydrolysis) is 1. The van der Waals surface area contributed by atoms with Crippen LogP contribution in [0.25, 0.3) is 0 Å². The molecule has 0 saturated carbocycles. The first-order valence-electron chi connectivity index (χ1n) is 7.41. The minimum atomic E-state index is -1.59. The van der Waals surface area contributed by atoms with E-state index < -0.39 is 29.6 Å². The molecule has 0 aliphatic carbocycles. The number of nitrogens with one attached hydrogen (secondary N) is 1. The number of carbonyl (C=O) groups excluding carboxylic acids is 2. The summed E-state index contributed by atoms with van der Waals surface area (Å²) in [5.41, 5.74) is -1.17. The lowest BCUT2D eigenvalue weighted by Crippen LogP contribution is -2.50. The van der Waals surface area contributed by atoms with Crippen LogP contribution in [0.5, 0.6) is 0 Å². The molecule has 0 aliphatic heterocycles. The molecule has 23 heavy (non-hydrogen) atoms. The molecule has 1 N–H and O–H groups in total. The standard InChI is InChI=1S/C17H24FNO4/c1-16(2,3)23-15(21)19-17(4,5)22-13(14(18)20)11-12-9-7-6-8-10-12/h6-10,13H,11H2,1-5H3,(H,19,21)/t13-/m1/s1. The molecule has 0 heterocycles. The topological polar surface area (TPSA) is 64.6 Å². The number of hydrogen-bond donors (Lipinski definition) is 1. The van der Waals surface area contributed by atoms with Crippen molar-refractivity contribution in [2.75, 3.05) is 0 Å². The van der Waals surface area contributed by atoms with Gasteiger partial charge in [-0.2, -0.15) is 4.39 Å². The van der Waals surface area contributed by atoms with Gasteiger partial charge in [-0.1, -0.05) is 30.3 Å². The average Bonchev–Trinajstić information content (AvgIpc) is 2.35. The summed E-state index contributed by atoms with van der Waals surface area (Å²) < 4.78 is 23.9. The maximum absolute atomic E-state index is 13.3. The summed E-state index contributed by atoms with van der Waals surface area (Å²) in [6.45, 7) is 8.23. The molecule has 0 fully saturated rings. The average molecular weight is 325 g/mol. The summed E-state index contributed by atoms with van der Waals surface area (Å²) in [5, 5.41) is 2.48. The van der Waals surface area contributed by atoms with Crippen molar-refractivity contribution in [2.24, 2.45) is 0 Å². The third kappa shape index (κ3) is 7.74. The molecular formula is C17H24FNO4. The second kappa shape index (κ2) is 7.55. The lowest BCUT2D eigenvalue weighted by molar-refractivity contribution is -0.156. The van der Waals surface area contributed by atoms with Gasteiger partial charge in [0.05, 0.1) is 0 Å². The van der Waals surface area contributed by atoms with Crippen molar-refractivity contribution in [3.63, 3.8) is 0 Å². The highest BCUT2D eigenvalue weighted by atomic mass is 19.1. The van der Waals surface area contributed by atoms with Crippen LogP contribution in [0.3, 0.4) is 0 Å². The third-order valence-corrected chi connectivity index (χ3v) is 2.76. The fourth-order valence-electron chi connectivity index (χ4n) is 1.93. The Bertz CT molecular complexity index is 537. The predicted molar refractivity (Wildman–Crippen MR) is 84.6 cm³/mol. The Kier molecular flexibility index (Phi) is 6.27. The van der Waals surface area contributed by atoms with E-state index in [1.807, 2.05) is 6.07 Å². The normalized spacial score (nSPS) is 13.3. The number of halogens is 1. The number of carbonyl (C=O) groups is 2. The van der Waals surface area contributed by atoms with Crippen LogP contribution < -0.4 is 5.32 Å². The lowest BCUT2D eigenvalue weighted by Gasteiger charge is -2.31. The molecule has 6 heteroatoms. The van der Waals surface area contributed by atoms with Crippen molar-refractivity contribution in [1.29, 1.82) is 0 Å². The maximum atomic E-state index is 13.3. The fraction of sp³-hybridized carbons (Fsp3) is 0.529. The van der Waals surface area contributed by atoms with Crippen molar-refractivity contribution in [3.05, 3.63) is 35.9 Å². The molecule has 0 saturated heterocycles. The van der Waals surface area contributed by atoms with Crippen LogP contribution in [0, 0.1) is 0 Å². The van der Waals surface area contributed by atoms with E-state index in [4.69, 9.17) is 9.47 Å². The Morgan fingerprint density at radius 3 is 2.17 bits per heavy atom. The summed E-state index contributed by atoms with van der Waals surface area (Å²) in [7, 11) is 0. The second-order valence-corrected chi connectivity index (χ2v) is 6.74. The number of hydrogen-bond acceptors (Lipinski definition) is 4. The van der Waals surface area contributed by atoms with E-state index in [2.05, 4.69) is 5.32 Å². The molecule has 1 aromatic carbocycles. The molecule has 128 valence electrons. The van der Waals surface area contributed by atoms with Crippen molar-refractivity contribution >= 4 is 12.1 Å². The molecule has 1 amide bonds. The van der Waals surface area contributed by atoms with Gasteiger partial charge in [-0.05, 0) is 40.2 Å². The molecule has 0 unspecified atom stereocenters. The summed E-state index contributed by atoms with van der Waals surface area (Å²) >= 11 is 0. The largest absolute Gasteiger partial charge is 0.444 e. The number of benzene rings is 1. The zero-order chi connectivity index (χ0) is 17.7. The molecule has 0 aliphatic rings. The fourth-order valence-corrected chi connectivity index (χ4v) is 1.93. The van der Waals surface area contributed by atoms with Crippen molar-refractivity contribution in [2.45, 2.75) is 58.5 Å². The van der Waals surface area contributed by atoms with E-state index in [0.29, 0.717) is 0 Å². The third-order valence-electron chi connectivity index (χ3n) is 2.76. The van der Waals surface area contributed by atoms with Crippen molar-refractivity contribution in [1.82, 2.24) is 5.32 Å². The smallest absolute Gasteiger partial charge is 0.409 e. The van der Waals surface area contributed by atoms with Gasteiger partial charge in [-0.15, -0.1) is 0 Å². The summed E-state index contributed by atoms with van der Waals surface area (Å²) in [6, 6.07) is 7.36. The van der Waals surface area contributed by atoms with Crippen LogP contribution in [0.2, 0.25) is 0 Å². The van der Waals surface area contributed by atoms with E-state index in [1.54, 1.807) is 45.0 Å². The molecule has 0 radical (unpaired) electrons. The first kappa shape index (κ1) is 19.1. The Hall–Kier alpha value is -1.95. The highest BCUT2D eigenvalue weighted by Gasteiger charge is 2.31. The SMILES string of the molecule is CC(C)(C)OC(=O)NC(C)(C)O[C@H](Cc1ccccc1)C(=O)F. The first-order chi connectivity index (χ1) is 10.5. The Morgan fingerprint density at radius 2 is 1.70 bits per heavy atom. The zero-order valence-electron chi connectivity index (χ0n) is 14.2. The van der Waals surface area contributed by atoms with Gasteiger partial charge in [-0.3, -0.25) is 10.1 Å². The Morgan fingerprint density at radius 1 is 1.13 bits per heavy atom. The zero-order valence-corrected chi connectivity index (χ0v) is 14.2. The van der Waals surface area contributed by atoms with Crippen LogP contribution in [-0.2, 0) is 20.7 Å². The highest BCUT2D eigenvalue weighted by Crippen LogP contribution is 2.16. The summed E-state index contributed by atoms with van der Waals surface area (Å²) in [6.07, 6.45) is -1.93. The van der Waals surface area contributed by atoms with Gasteiger partial charge in [0.2, 0.25) is 0 Å². The van der Waals surface area contributed by atoms with E-state index in [9.17, 15) is 14.0 Å². The number of rotatable bonds is 6. The van der Waals surface area contributed by atoms with Crippen molar-refractivity contribution in [3.8, 4) is 0 Å². The molecular weight excluding hydrogens is 301 g/mol. The van der Waals surface area contributed by atoms with Gasteiger partial charge in [-0.25, -0.2) is 4.79 Å². The van der Waals surface area contributed by atoms with Gasteiger partial charge < -0.3 is 9.47 Å². The first-order valence-corrected chi connectivity index (χ1v) is 7.41. The van der Waals surface area contributed by atoms with Gasteiger partial charge >= 0.3 is 12.1 Å². The Labute approximate surface area is 136 Å². The van der Waals surface area contributed by atoms with E-state index >= 15 is 0 Å². The molecule has 0 spiro atoms. The van der Waals surface area contributed by atoms with Gasteiger partial charge in [0.25, 0.3) is 0 Å². The van der Waals surface area contributed by atoms with Crippen LogP contribution in [0.1, 0.15) is 40.2 Å². The van der Waals surface area contributed by atoms with Crippen LogP contribution >= 0.6 is 0 Å². The molecule has 1 rings (SSSR count). The second-order valence-electron chi connectivity index (χ2n) is 6.74. The number of ether oxygens (including phenoxy) is 2. The molecule has 5 nitrogen and oxygen atoms in total. The van der Waals surface area contributed by atoms with Gasteiger partial charge in [0.15, 0.2) is 6.10 Å². The van der Waals surface area contributed by atoms with Crippen LogP contribution in [-0.4, -0.2) is 29.6 Å². The van der Waals surface area contributed by atoms with E-state index in [-0.39, 0.29) is 6.42 Å². The van der Waals surface area contributed by atoms with Crippen LogP contribution in [0.15, 0.2) is 30.3 Å². The molecule has 0 aromatic heterocycles. The monoisotopic (exact) mass is 325 g/mol. The highest BCUT2D eigenvalue weighted by molar-refractivity contribution is 5.74. The molecule has 1 atom stereocenters. The van der Waals surface area contributed by atoms with E-state index in [1.165, 1.54) is 13.8 Å². The lowest BCUT2D eigenvalue weighted by atomic mass is 10.1.